The van der Waals surface area contributed by atoms with Gasteiger partial charge in [-0.05, 0) is 31.0 Å². The molecule has 1 aromatic rings. The Morgan fingerprint density at radius 3 is 2.53 bits per heavy atom. The van der Waals surface area contributed by atoms with Crippen molar-refractivity contribution in [3.8, 4) is 0 Å². The Morgan fingerprint density at radius 1 is 1.29 bits per heavy atom. The molecule has 1 aliphatic heterocycles. The first-order chi connectivity index (χ1) is 8.06. The van der Waals surface area contributed by atoms with E-state index < -0.39 is 0 Å². The first-order valence-corrected chi connectivity index (χ1v) is 6.33. The quantitative estimate of drug-likeness (QED) is 0.854. The molecule has 1 atom stereocenters. The number of amides is 1. The molecule has 2 rings (SSSR count). The van der Waals surface area contributed by atoms with E-state index in [9.17, 15) is 4.79 Å². The molecule has 1 aliphatic rings. The molecule has 0 spiro atoms. The van der Waals surface area contributed by atoms with Gasteiger partial charge in [0.05, 0.1) is 0 Å². The second-order valence-electron chi connectivity index (χ2n) is 4.31. The molecule has 0 radical (unpaired) electrons. The van der Waals surface area contributed by atoms with E-state index in [2.05, 4.69) is 0 Å². The number of nitrogens with two attached hydrogens (primary N) is 1. The van der Waals surface area contributed by atoms with Gasteiger partial charge in [-0.3, -0.25) is 4.79 Å². The molecule has 1 saturated heterocycles. The number of benzene rings is 1. The number of rotatable bonds is 1. The molecule has 92 valence electrons. The maximum atomic E-state index is 12.2. The highest BCUT2D eigenvalue weighted by Crippen LogP contribution is 2.21. The number of hydrogen-bond donors (Lipinski definition) is 1. The highest BCUT2D eigenvalue weighted by Gasteiger charge is 2.22. The van der Waals surface area contributed by atoms with Gasteiger partial charge in [0.25, 0.3) is 5.91 Å². The van der Waals surface area contributed by atoms with Crippen LogP contribution in [-0.2, 0) is 0 Å². The van der Waals surface area contributed by atoms with Crippen molar-refractivity contribution in [3.05, 3.63) is 33.8 Å². The van der Waals surface area contributed by atoms with Crippen molar-refractivity contribution in [3.63, 3.8) is 0 Å². The number of piperidine rings is 1. The third-order valence-electron chi connectivity index (χ3n) is 2.85. The molecule has 0 bridgehead atoms. The van der Waals surface area contributed by atoms with Gasteiger partial charge in [-0.2, -0.15) is 0 Å². The predicted molar refractivity (Wildman–Crippen MR) is 69.6 cm³/mol. The van der Waals surface area contributed by atoms with Gasteiger partial charge < -0.3 is 10.6 Å². The van der Waals surface area contributed by atoms with Gasteiger partial charge in [-0.25, -0.2) is 0 Å². The van der Waals surface area contributed by atoms with Gasteiger partial charge in [-0.15, -0.1) is 0 Å². The summed E-state index contributed by atoms with van der Waals surface area (Å²) in [6.45, 7) is 1.35. The maximum Gasteiger partial charge on any atom is 0.254 e. The lowest BCUT2D eigenvalue weighted by atomic mass is 10.1. The summed E-state index contributed by atoms with van der Waals surface area (Å²) in [5.74, 6) is -0.0513. The van der Waals surface area contributed by atoms with Crippen molar-refractivity contribution in [1.29, 1.82) is 0 Å². The van der Waals surface area contributed by atoms with Crippen molar-refractivity contribution in [2.24, 2.45) is 5.73 Å². The number of nitrogens with zero attached hydrogens (tertiary/aromatic N) is 1. The van der Waals surface area contributed by atoms with Gasteiger partial charge >= 0.3 is 0 Å². The summed E-state index contributed by atoms with van der Waals surface area (Å²) < 4.78 is 0. The van der Waals surface area contributed by atoms with Crippen LogP contribution in [0.25, 0.3) is 0 Å². The van der Waals surface area contributed by atoms with Crippen LogP contribution in [0.15, 0.2) is 18.2 Å². The molecule has 5 heteroatoms. The summed E-state index contributed by atoms with van der Waals surface area (Å²) in [6.07, 6.45) is 1.92. The molecule has 0 saturated carbocycles. The summed E-state index contributed by atoms with van der Waals surface area (Å²) in [6, 6.07) is 4.95. The van der Waals surface area contributed by atoms with Crippen LogP contribution in [0.3, 0.4) is 0 Å². The molecule has 1 unspecified atom stereocenters. The monoisotopic (exact) mass is 272 g/mol. The molecule has 0 aromatic heterocycles. The van der Waals surface area contributed by atoms with E-state index in [-0.39, 0.29) is 11.9 Å². The molecule has 17 heavy (non-hydrogen) atoms. The van der Waals surface area contributed by atoms with E-state index >= 15 is 0 Å². The van der Waals surface area contributed by atoms with Crippen molar-refractivity contribution in [2.75, 3.05) is 13.1 Å². The Bertz CT molecular complexity index is 416. The van der Waals surface area contributed by atoms with Crippen LogP contribution < -0.4 is 5.73 Å². The van der Waals surface area contributed by atoms with E-state index in [1.807, 2.05) is 0 Å². The van der Waals surface area contributed by atoms with E-state index in [0.29, 0.717) is 22.2 Å². The Labute approximate surface area is 110 Å². The lowest BCUT2D eigenvalue weighted by Crippen LogP contribution is -2.45. The lowest BCUT2D eigenvalue weighted by Gasteiger charge is -2.30. The van der Waals surface area contributed by atoms with Crippen LogP contribution in [0.5, 0.6) is 0 Å². The molecule has 1 aromatic carbocycles. The van der Waals surface area contributed by atoms with Crippen LogP contribution in [0.4, 0.5) is 0 Å². The van der Waals surface area contributed by atoms with Gasteiger partial charge in [0.2, 0.25) is 0 Å². The number of carbonyl (C=O) groups excluding carboxylic acids is 1. The van der Waals surface area contributed by atoms with Crippen molar-refractivity contribution >= 4 is 29.1 Å². The lowest BCUT2D eigenvalue weighted by molar-refractivity contribution is 0.0709. The van der Waals surface area contributed by atoms with E-state index in [4.69, 9.17) is 28.9 Å². The van der Waals surface area contributed by atoms with Crippen molar-refractivity contribution in [2.45, 2.75) is 18.9 Å². The van der Waals surface area contributed by atoms with Crippen molar-refractivity contribution < 1.29 is 4.79 Å². The zero-order valence-electron chi connectivity index (χ0n) is 9.33. The van der Waals surface area contributed by atoms with E-state index in [0.717, 1.165) is 19.4 Å². The summed E-state index contributed by atoms with van der Waals surface area (Å²) in [4.78, 5) is 14.0. The van der Waals surface area contributed by atoms with Crippen LogP contribution in [0, 0.1) is 0 Å². The topological polar surface area (TPSA) is 46.3 Å². The largest absolute Gasteiger partial charge is 0.337 e. The minimum atomic E-state index is -0.0513. The van der Waals surface area contributed by atoms with E-state index in [1.165, 1.54) is 0 Å². The zero-order valence-corrected chi connectivity index (χ0v) is 10.8. The maximum absolute atomic E-state index is 12.2. The van der Waals surface area contributed by atoms with Crippen LogP contribution >= 0.6 is 23.2 Å². The van der Waals surface area contributed by atoms with E-state index in [1.54, 1.807) is 23.1 Å². The minimum Gasteiger partial charge on any atom is -0.337 e. The summed E-state index contributed by atoms with van der Waals surface area (Å²) in [5.41, 5.74) is 6.38. The van der Waals surface area contributed by atoms with Gasteiger partial charge in [-0.1, -0.05) is 23.2 Å². The third-order valence-corrected chi connectivity index (χ3v) is 3.29. The number of carbonyl (C=O) groups is 1. The molecule has 3 nitrogen and oxygen atoms in total. The molecule has 1 heterocycles. The molecule has 1 amide bonds. The summed E-state index contributed by atoms with van der Waals surface area (Å²) >= 11 is 11.8. The van der Waals surface area contributed by atoms with Crippen LogP contribution in [0.1, 0.15) is 23.2 Å². The average Bonchev–Trinajstić information content (AvgIpc) is 2.26. The smallest absolute Gasteiger partial charge is 0.254 e. The molecule has 0 aliphatic carbocycles. The van der Waals surface area contributed by atoms with Crippen LogP contribution in [0.2, 0.25) is 10.0 Å². The number of hydrogen-bond acceptors (Lipinski definition) is 2. The highest BCUT2D eigenvalue weighted by atomic mass is 35.5. The molecule has 1 fully saturated rings. The average molecular weight is 273 g/mol. The van der Waals surface area contributed by atoms with Gasteiger partial charge in [0.15, 0.2) is 0 Å². The molecular weight excluding hydrogens is 259 g/mol. The van der Waals surface area contributed by atoms with Gasteiger partial charge in [0.1, 0.15) is 0 Å². The fourth-order valence-corrected chi connectivity index (χ4v) is 2.58. The Morgan fingerprint density at radius 2 is 1.94 bits per heavy atom. The van der Waals surface area contributed by atoms with Crippen molar-refractivity contribution in [1.82, 2.24) is 4.90 Å². The summed E-state index contributed by atoms with van der Waals surface area (Å²) in [5, 5.41) is 0.948. The Balaban J connectivity index is 2.18. The second-order valence-corrected chi connectivity index (χ2v) is 5.18. The Hall–Kier alpha value is -0.770. The van der Waals surface area contributed by atoms with Gasteiger partial charge in [0, 0.05) is 34.7 Å². The third kappa shape index (κ3) is 3.12. The fourth-order valence-electron chi connectivity index (χ4n) is 2.05. The fraction of sp³-hybridized carbons (Fsp3) is 0.417. The standard InChI is InChI=1S/C12H14Cl2N2O/c13-9-4-8(5-10(14)6-9)12(17)16-3-1-2-11(15)7-16/h4-6,11H,1-3,7,15H2. The normalized spacial score (nSPS) is 20.4. The number of likely N-dealkylation sites (tertiary alicyclic amines) is 1. The predicted octanol–water partition coefficient (Wildman–Crippen LogP) is 2.56. The molecule has 2 N–H and O–H groups in total. The minimum absolute atomic E-state index is 0.0513. The first kappa shape index (κ1) is 12.7. The highest BCUT2D eigenvalue weighted by molar-refractivity contribution is 6.35. The molecular formula is C12H14Cl2N2O. The zero-order chi connectivity index (χ0) is 12.4. The first-order valence-electron chi connectivity index (χ1n) is 5.57. The Kier molecular flexibility index (Phi) is 3.92. The number of halogens is 2. The summed E-state index contributed by atoms with van der Waals surface area (Å²) in [7, 11) is 0. The second kappa shape index (κ2) is 5.25. The van der Waals surface area contributed by atoms with Crippen LogP contribution in [-0.4, -0.2) is 29.9 Å². The SMILES string of the molecule is NC1CCCN(C(=O)c2cc(Cl)cc(Cl)c2)C1.